The molecule has 0 N–H and O–H groups in total. The summed E-state index contributed by atoms with van der Waals surface area (Å²) in [7, 11) is 3.25. The van der Waals surface area contributed by atoms with Crippen molar-refractivity contribution in [1.82, 2.24) is 9.97 Å². The molecule has 1 aromatic carbocycles. The summed E-state index contributed by atoms with van der Waals surface area (Å²) in [6.07, 6.45) is 1.80. The molecule has 0 spiro atoms. The number of rotatable bonds is 3. The van der Waals surface area contributed by atoms with Gasteiger partial charge in [0.15, 0.2) is 11.5 Å². The third-order valence-electron chi connectivity index (χ3n) is 3.35. The van der Waals surface area contributed by atoms with Gasteiger partial charge in [0.25, 0.3) is 0 Å². The number of ether oxygens (including phenoxy) is 2. The van der Waals surface area contributed by atoms with E-state index in [2.05, 4.69) is 25.8 Å². The highest BCUT2D eigenvalue weighted by molar-refractivity contribution is 5.63. The van der Waals surface area contributed by atoms with Crippen molar-refractivity contribution < 1.29 is 9.47 Å². The zero-order chi connectivity index (χ0) is 15.6. The molecule has 0 aliphatic rings. The molecule has 0 saturated heterocycles. The van der Waals surface area contributed by atoms with Gasteiger partial charge in [-0.25, -0.2) is 4.98 Å². The fourth-order valence-electron chi connectivity index (χ4n) is 2.29. The largest absolute Gasteiger partial charge is 0.493 e. The van der Waals surface area contributed by atoms with Gasteiger partial charge in [-0.05, 0) is 25.1 Å². The molecule has 0 atom stereocenters. The van der Waals surface area contributed by atoms with Crippen molar-refractivity contribution in [2.45, 2.75) is 33.1 Å². The molecule has 0 saturated carbocycles. The molecule has 0 bridgehead atoms. The number of aromatic nitrogens is 2. The summed E-state index contributed by atoms with van der Waals surface area (Å²) in [5.41, 5.74) is 3.74. The Morgan fingerprint density at radius 3 is 2.24 bits per heavy atom. The molecular weight excluding hydrogens is 264 g/mol. The Morgan fingerprint density at radius 2 is 1.67 bits per heavy atom. The Morgan fingerprint density at radius 1 is 1.00 bits per heavy atom. The van der Waals surface area contributed by atoms with E-state index in [1.807, 2.05) is 25.1 Å². The van der Waals surface area contributed by atoms with E-state index in [1.165, 1.54) is 0 Å². The Hall–Kier alpha value is -2.10. The van der Waals surface area contributed by atoms with E-state index in [0.29, 0.717) is 11.5 Å². The van der Waals surface area contributed by atoms with E-state index < -0.39 is 0 Å². The van der Waals surface area contributed by atoms with Crippen LogP contribution in [-0.4, -0.2) is 24.2 Å². The zero-order valence-electron chi connectivity index (χ0n) is 13.5. The van der Waals surface area contributed by atoms with Crippen LogP contribution < -0.4 is 9.47 Å². The zero-order valence-corrected chi connectivity index (χ0v) is 13.5. The Bertz CT molecular complexity index is 646. The van der Waals surface area contributed by atoms with Gasteiger partial charge < -0.3 is 9.47 Å². The first-order valence-electron chi connectivity index (χ1n) is 6.93. The molecule has 21 heavy (non-hydrogen) atoms. The summed E-state index contributed by atoms with van der Waals surface area (Å²) >= 11 is 0. The number of aryl methyl sites for hydroxylation is 1. The lowest BCUT2D eigenvalue weighted by Crippen LogP contribution is -2.16. The molecule has 2 aromatic rings. The maximum atomic E-state index is 5.35. The highest BCUT2D eigenvalue weighted by Gasteiger charge is 2.20. The lowest BCUT2D eigenvalue weighted by molar-refractivity contribution is 0.355. The van der Waals surface area contributed by atoms with Crippen molar-refractivity contribution >= 4 is 0 Å². The quantitative estimate of drug-likeness (QED) is 0.861. The molecule has 4 nitrogen and oxygen atoms in total. The molecule has 0 unspecified atom stereocenters. The molecule has 0 aliphatic carbocycles. The number of benzene rings is 1. The molecule has 4 heteroatoms. The second kappa shape index (κ2) is 5.72. The van der Waals surface area contributed by atoms with Crippen LogP contribution in [0, 0.1) is 6.92 Å². The van der Waals surface area contributed by atoms with Crippen LogP contribution >= 0.6 is 0 Å². The van der Waals surface area contributed by atoms with E-state index in [4.69, 9.17) is 14.5 Å². The monoisotopic (exact) mass is 286 g/mol. The summed E-state index contributed by atoms with van der Waals surface area (Å²) in [6, 6.07) is 5.77. The van der Waals surface area contributed by atoms with Crippen LogP contribution in [0.3, 0.4) is 0 Å². The Balaban J connectivity index is 2.52. The van der Waals surface area contributed by atoms with E-state index in [1.54, 1.807) is 20.4 Å². The maximum absolute atomic E-state index is 5.35. The molecular formula is C17H22N2O2. The van der Waals surface area contributed by atoms with Gasteiger partial charge in [-0.2, -0.15) is 0 Å². The lowest BCUT2D eigenvalue weighted by atomic mass is 9.90. The van der Waals surface area contributed by atoms with Crippen molar-refractivity contribution in [3.05, 3.63) is 35.8 Å². The summed E-state index contributed by atoms with van der Waals surface area (Å²) < 4.78 is 10.6. The second-order valence-corrected chi connectivity index (χ2v) is 6.01. The SMILES string of the molecule is COc1ccc(-c2cnc(C)c(C(C)(C)C)n2)cc1OC. The number of methoxy groups -OCH3 is 2. The highest BCUT2D eigenvalue weighted by atomic mass is 16.5. The number of hydrogen-bond donors (Lipinski definition) is 0. The molecule has 1 heterocycles. The fourth-order valence-corrected chi connectivity index (χ4v) is 2.29. The molecule has 0 amide bonds. The minimum atomic E-state index is -0.0380. The van der Waals surface area contributed by atoms with Crippen molar-refractivity contribution in [1.29, 1.82) is 0 Å². The van der Waals surface area contributed by atoms with Crippen LogP contribution in [-0.2, 0) is 5.41 Å². The van der Waals surface area contributed by atoms with Gasteiger partial charge in [0.1, 0.15) is 0 Å². The first-order valence-corrected chi connectivity index (χ1v) is 6.93. The van der Waals surface area contributed by atoms with Gasteiger partial charge in [-0.3, -0.25) is 4.98 Å². The van der Waals surface area contributed by atoms with Gasteiger partial charge in [0.2, 0.25) is 0 Å². The van der Waals surface area contributed by atoms with Gasteiger partial charge in [-0.1, -0.05) is 20.8 Å². The fraction of sp³-hybridized carbons (Fsp3) is 0.412. The average molecular weight is 286 g/mol. The molecule has 2 rings (SSSR count). The number of nitrogens with zero attached hydrogens (tertiary/aromatic N) is 2. The Kier molecular flexibility index (Phi) is 4.16. The first-order chi connectivity index (χ1) is 9.86. The van der Waals surface area contributed by atoms with E-state index >= 15 is 0 Å². The van der Waals surface area contributed by atoms with E-state index in [9.17, 15) is 0 Å². The number of hydrogen-bond acceptors (Lipinski definition) is 4. The standard InChI is InChI=1S/C17H22N2O2/c1-11-16(17(2,3)4)19-13(10-18-11)12-7-8-14(20-5)15(9-12)21-6/h7-10H,1-6H3. The molecule has 0 fully saturated rings. The van der Waals surface area contributed by atoms with Crippen LogP contribution in [0.1, 0.15) is 32.2 Å². The van der Waals surface area contributed by atoms with Gasteiger partial charge in [0.05, 0.1) is 37.5 Å². The highest BCUT2D eigenvalue weighted by Crippen LogP contribution is 2.32. The van der Waals surface area contributed by atoms with Crippen molar-refractivity contribution in [3.8, 4) is 22.8 Å². The minimum Gasteiger partial charge on any atom is -0.493 e. The molecule has 0 aliphatic heterocycles. The average Bonchev–Trinajstić information content (AvgIpc) is 2.45. The summed E-state index contributed by atoms with van der Waals surface area (Å²) in [5, 5.41) is 0. The third kappa shape index (κ3) is 3.15. The molecule has 0 radical (unpaired) electrons. The van der Waals surface area contributed by atoms with Crippen LogP contribution in [0.15, 0.2) is 24.4 Å². The normalized spacial score (nSPS) is 11.3. The van der Waals surface area contributed by atoms with Crippen LogP contribution in [0.5, 0.6) is 11.5 Å². The Labute approximate surface area is 126 Å². The van der Waals surface area contributed by atoms with Gasteiger partial charge >= 0.3 is 0 Å². The van der Waals surface area contributed by atoms with Crippen molar-refractivity contribution in [3.63, 3.8) is 0 Å². The summed E-state index contributed by atoms with van der Waals surface area (Å²) in [6.45, 7) is 8.42. The molecule has 1 aromatic heterocycles. The van der Waals surface area contributed by atoms with Crippen molar-refractivity contribution in [2.75, 3.05) is 14.2 Å². The second-order valence-electron chi connectivity index (χ2n) is 6.01. The minimum absolute atomic E-state index is 0.0380. The van der Waals surface area contributed by atoms with Crippen molar-refractivity contribution in [2.24, 2.45) is 0 Å². The van der Waals surface area contributed by atoms with Crippen LogP contribution in [0.4, 0.5) is 0 Å². The predicted molar refractivity (Wildman–Crippen MR) is 84.0 cm³/mol. The van der Waals surface area contributed by atoms with E-state index in [-0.39, 0.29) is 5.41 Å². The van der Waals surface area contributed by atoms with Crippen LogP contribution in [0.2, 0.25) is 0 Å². The maximum Gasteiger partial charge on any atom is 0.161 e. The first kappa shape index (κ1) is 15.3. The third-order valence-corrected chi connectivity index (χ3v) is 3.35. The summed E-state index contributed by atoms with van der Waals surface area (Å²) in [5.74, 6) is 1.40. The van der Waals surface area contributed by atoms with Gasteiger partial charge in [0, 0.05) is 11.0 Å². The molecule has 112 valence electrons. The topological polar surface area (TPSA) is 44.2 Å². The van der Waals surface area contributed by atoms with Crippen LogP contribution in [0.25, 0.3) is 11.3 Å². The van der Waals surface area contributed by atoms with E-state index in [0.717, 1.165) is 22.6 Å². The summed E-state index contributed by atoms with van der Waals surface area (Å²) in [4.78, 5) is 9.27. The van der Waals surface area contributed by atoms with Gasteiger partial charge in [-0.15, -0.1) is 0 Å². The predicted octanol–water partition coefficient (Wildman–Crippen LogP) is 3.77. The smallest absolute Gasteiger partial charge is 0.161 e. The lowest BCUT2D eigenvalue weighted by Gasteiger charge is -2.20.